The first-order chi connectivity index (χ1) is 14.8. The molecule has 31 heavy (non-hydrogen) atoms. The molecule has 0 amide bonds. The van der Waals surface area contributed by atoms with E-state index in [9.17, 15) is 14.7 Å². The first kappa shape index (κ1) is 24.5. The highest BCUT2D eigenvalue weighted by Crippen LogP contribution is 2.30. The first-order valence-electron chi connectivity index (χ1n) is 10.4. The second-order valence-electron chi connectivity index (χ2n) is 7.73. The van der Waals surface area contributed by atoms with Crippen molar-refractivity contribution in [2.45, 2.75) is 62.9 Å². The Hall–Kier alpha value is -2.73. The average molecular weight is 445 g/mol. The van der Waals surface area contributed by atoms with E-state index in [0.29, 0.717) is 37.9 Å². The molecule has 0 bridgehead atoms. The molecule has 6 nitrogen and oxygen atoms in total. The fourth-order valence-corrected chi connectivity index (χ4v) is 3.22. The van der Waals surface area contributed by atoms with Crippen LogP contribution in [0.4, 0.5) is 0 Å². The summed E-state index contributed by atoms with van der Waals surface area (Å²) in [6, 6.07) is 18.0. The number of carboxylic acids is 1. The molecule has 7 heteroatoms. The van der Waals surface area contributed by atoms with Crippen molar-refractivity contribution in [1.29, 1.82) is 0 Å². The Balaban J connectivity index is 1.76. The van der Waals surface area contributed by atoms with Crippen LogP contribution >= 0.6 is 11.6 Å². The van der Waals surface area contributed by atoms with Gasteiger partial charge in [0, 0.05) is 6.42 Å². The lowest BCUT2D eigenvalue weighted by atomic mass is 9.93. The molecule has 0 aliphatic heterocycles. The third kappa shape index (κ3) is 9.30. The molecule has 0 aliphatic rings. The van der Waals surface area contributed by atoms with Gasteiger partial charge in [0.05, 0.1) is 12.0 Å². The molecule has 0 saturated carbocycles. The summed E-state index contributed by atoms with van der Waals surface area (Å²) in [7, 11) is 0. The highest BCUT2D eigenvalue weighted by molar-refractivity contribution is 6.23. The Bertz CT molecular complexity index is 856. The van der Waals surface area contributed by atoms with Gasteiger partial charge in [0.2, 0.25) is 0 Å². The zero-order chi connectivity index (χ0) is 22.7. The number of carboxylic acid groups (broad SMARTS) is 1. The first-order valence-corrected chi connectivity index (χ1v) is 10.8. The Kier molecular flexibility index (Phi) is 9.66. The van der Waals surface area contributed by atoms with Crippen LogP contribution in [0.3, 0.4) is 0 Å². The molecule has 2 aromatic rings. The summed E-state index contributed by atoms with van der Waals surface area (Å²) in [5.41, 5.74) is 0.746. The number of para-hydroxylation sites is 1. The van der Waals surface area contributed by atoms with Crippen LogP contribution in [0.5, 0.6) is 5.75 Å². The summed E-state index contributed by atoms with van der Waals surface area (Å²) in [6.45, 7) is 3.63. The monoisotopic (exact) mass is 444 g/mol. The molecule has 0 radical (unpaired) electrons. The van der Waals surface area contributed by atoms with Crippen molar-refractivity contribution in [3.05, 3.63) is 66.2 Å². The standard InChI is InChI=1S/C24H29ClN2O4/c1-18(10-9-15-22(28)31-20-13-7-4-8-14-20)26-27-24(2,25)17-16-21(23(29)30)19-11-5-3-6-12-19/h3-8,11-14,18,21H,9-10,15-17H2,1-2H3,(H,29,30). The minimum atomic E-state index is -0.983. The maximum absolute atomic E-state index is 11.9. The van der Waals surface area contributed by atoms with Crippen LogP contribution in [0.15, 0.2) is 70.9 Å². The predicted molar refractivity (Wildman–Crippen MR) is 121 cm³/mol. The number of halogens is 1. The molecule has 0 fully saturated rings. The molecule has 0 spiro atoms. The fraction of sp³-hybridized carbons (Fsp3) is 0.417. The van der Waals surface area contributed by atoms with Crippen molar-refractivity contribution in [3.8, 4) is 5.75 Å². The maximum Gasteiger partial charge on any atom is 0.311 e. The quantitative estimate of drug-likeness (QED) is 0.139. The van der Waals surface area contributed by atoms with Gasteiger partial charge in [-0.3, -0.25) is 9.59 Å². The van der Waals surface area contributed by atoms with Gasteiger partial charge >= 0.3 is 11.9 Å². The lowest BCUT2D eigenvalue weighted by molar-refractivity contribution is -0.139. The minimum absolute atomic E-state index is 0.105. The SMILES string of the molecule is CC(CCCC(=O)Oc1ccccc1)N=NC(C)(Cl)CCC(C(=O)O)c1ccccc1. The number of hydrogen-bond donors (Lipinski definition) is 1. The van der Waals surface area contributed by atoms with Gasteiger partial charge in [0.1, 0.15) is 5.75 Å². The zero-order valence-corrected chi connectivity index (χ0v) is 18.7. The van der Waals surface area contributed by atoms with Gasteiger partial charge in [0.15, 0.2) is 5.00 Å². The van der Waals surface area contributed by atoms with E-state index in [4.69, 9.17) is 16.3 Å². The van der Waals surface area contributed by atoms with Crippen molar-refractivity contribution in [2.75, 3.05) is 0 Å². The number of carbonyl (C=O) groups excluding carboxylic acids is 1. The van der Waals surface area contributed by atoms with E-state index in [1.54, 1.807) is 31.2 Å². The van der Waals surface area contributed by atoms with Crippen LogP contribution < -0.4 is 4.74 Å². The van der Waals surface area contributed by atoms with E-state index in [1.807, 2.05) is 43.3 Å². The normalized spacial score (nSPS) is 15.2. The highest BCUT2D eigenvalue weighted by atomic mass is 35.5. The Morgan fingerprint density at radius 1 is 1.06 bits per heavy atom. The van der Waals surface area contributed by atoms with E-state index in [1.165, 1.54) is 0 Å². The molecule has 0 aliphatic carbocycles. The third-order valence-corrected chi connectivity index (χ3v) is 5.09. The maximum atomic E-state index is 11.9. The number of hydrogen-bond acceptors (Lipinski definition) is 5. The smallest absolute Gasteiger partial charge is 0.311 e. The van der Waals surface area contributed by atoms with E-state index in [-0.39, 0.29) is 12.0 Å². The lowest BCUT2D eigenvalue weighted by Crippen LogP contribution is -2.18. The van der Waals surface area contributed by atoms with Crippen molar-refractivity contribution in [3.63, 3.8) is 0 Å². The van der Waals surface area contributed by atoms with E-state index in [0.717, 1.165) is 5.56 Å². The van der Waals surface area contributed by atoms with Crippen molar-refractivity contribution in [2.24, 2.45) is 10.2 Å². The van der Waals surface area contributed by atoms with Crippen molar-refractivity contribution in [1.82, 2.24) is 0 Å². The summed E-state index contributed by atoms with van der Waals surface area (Å²) in [5.74, 6) is -1.26. The average Bonchev–Trinajstić information content (AvgIpc) is 2.74. The number of alkyl halides is 1. The van der Waals surface area contributed by atoms with Crippen LogP contribution in [0.1, 0.15) is 57.4 Å². The minimum Gasteiger partial charge on any atom is -0.481 e. The summed E-state index contributed by atoms with van der Waals surface area (Å²) in [4.78, 5) is 22.5. The molecule has 0 heterocycles. The van der Waals surface area contributed by atoms with Crippen LogP contribution in [0.25, 0.3) is 0 Å². The van der Waals surface area contributed by atoms with Crippen molar-refractivity contribution < 1.29 is 19.4 Å². The number of benzene rings is 2. The van der Waals surface area contributed by atoms with E-state index >= 15 is 0 Å². The fourth-order valence-electron chi connectivity index (χ4n) is 3.07. The van der Waals surface area contributed by atoms with Gasteiger partial charge in [-0.1, -0.05) is 60.1 Å². The van der Waals surface area contributed by atoms with E-state index < -0.39 is 16.9 Å². The topological polar surface area (TPSA) is 88.3 Å². The molecule has 1 N–H and O–H groups in total. The lowest BCUT2D eigenvalue weighted by Gasteiger charge is -2.19. The highest BCUT2D eigenvalue weighted by Gasteiger charge is 2.26. The second-order valence-corrected chi connectivity index (χ2v) is 8.54. The number of ether oxygens (including phenoxy) is 1. The molecule has 3 unspecified atom stereocenters. The van der Waals surface area contributed by atoms with Crippen LogP contribution in [0.2, 0.25) is 0 Å². The van der Waals surface area contributed by atoms with E-state index in [2.05, 4.69) is 10.2 Å². The number of rotatable bonds is 12. The molecule has 0 saturated heterocycles. The number of nitrogens with zero attached hydrogens (tertiary/aromatic N) is 2. The molecule has 166 valence electrons. The van der Waals surface area contributed by atoms with Gasteiger partial charge in [-0.15, -0.1) is 0 Å². The number of azo groups is 1. The Labute approximate surface area is 188 Å². The molecule has 2 aromatic carbocycles. The molecule has 3 atom stereocenters. The van der Waals surface area contributed by atoms with Gasteiger partial charge in [-0.25, -0.2) is 0 Å². The Morgan fingerprint density at radius 2 is 1.68 bits per heavy atom. The largest absolute Gasteiger partial charge is 0.481 e. The molecule has 0 aromatic heterocycles. The van der Waals surface area contributed by atoms with Gasteiger partial charge in [0.25, 0.3) is 0 Å². The second kappa shape index (κ2) is 12.2. The molecule has 2 rings (SSSR count). The van der Waals surface area contributed by atoms with Gasteiger partial charge in [-0.05, 0) is 57.2 Å². The number of esters is 1. The summed E-state index contributed by atoms with van der Waals surface area (Å²) >= 11 is 6.46. The third-order valence-electron chi connectivity index (χ3n) is 4.83. The Morgan fingerprint density at radius 3 is 2.29 bits per heavy atom. The van der Waals surface area contributed by atoms with Gasteiger partial charge in [-0.2, -0.15) is 10.2 Å². The summed E-state index contributed by atoms with van der Waals surface area (Å²) < 4.78 is 5.26. The summed E-state index contributed by atoms with van der Waals surface area (Å²) in [5, 5.41) is 18.0. The van der Waals surface area contributed by atoms with Gasteiger partial charge < -0.3 is 9.84 Å². The summed E-state index contributed by atoms with van der Waals surface area (Å²) in [6.07, 6.45) is 2.32. The number of aliphatic carboxylic acids is 1. The van der Waals surface area contributed by atoms with Crippen LogP contribution in [0, 0.1) is 0 Å². The van der Waals surface area contributed by atoms with Crippen LogP contribution in [-0.4, -0.2) is 28.1 Å². The molecular weight excluding hydrogens is 416 g/mol. The van der Waals surface area contributed by atoms with Crippen molar-refractivity contribution >= 4 is 23.5 Å². The predicted octanol–water partition coefficient (Wildman–Crippen LogP) is 6.21. The zero-order valence-electron chi connectivity index (χ0n) is 17.9. The van der Waals surface area contributed by atoms with Crippen LogP contribution in [-0.2, 0) is 9.59 Å². The molecular formula is C24H29ClN2O4. The number of carbonyl (C=O) groups is 2.